The summed E-state index contributed by atoms with van der Waals surface area (Å²) in [5.41, 5.74) is -1.01. The van der Waals surface area contributed by atoms with Crippen LogP contribution in [0.3, 0.4) is 0 Å². The van der Waals surface area contributed by atoms with E-state index in [0.717, 1.165) is 12.3 Å². The zero-order valence-electron chi connectivity index (χ0n) is 14.4. The summed E-state index contributed by atoms with van der Waals surface area (Å²) in [6, 6.07) is 7.41. The van der Waals surface area contributed by atoms with Gasteiger partial charge in [-0.3, -0.25) is 9.10 Å². The molecule has 0 aromatic heterocycles. The Hall–Kier alpha value is -2.33. The number of nitrogens with one attached hydrogen (secondary N) is 1. The van der Waals surface area contributed by atoms with E-state index >= 15 is 0 Å². The van der Waals surface area contributed by atoms with E-state index in [1.807, 2.05) is 0 Å². The first-order chi connectivity index (χ1) is 12.9. The van der Waals surface area contributed by atoms with Gasteiger partial charge >= 0.3 is 6.18 Å². The van der Waals surface area contributed by atoms with E-state index in [4.69, 9.17) is 11.6 Å². The number of benzene rings is 2. The molecule has 152 valence electrons. The number of hydrogen-bond donors (Lipinski definition) is 1. The van der Waals surface area contributed by atoms with Crippen molar-refractivity contribution in [3.63, 3.8) is 0 Å². The standard InChI is InChI=1S/C17H15ClF4N2O3S/c1-28(26,27)24(15-8-12(17(20,21)22)4-7-14(15)18)10-16(25)23-9-11-2-5-13(19)6-3-11/h2-8H,9-10H2,1H3,(H,23,25). The molecule has 0 heterocycles. The van der Waals surface area contributed by atoms with Crippen LogP contribution in [0.1, 0.15) is 11.1 Å². The first kappa shape index (κ1) is 22.0. The van der Waals surface area contributed by atoms with Crippen LogP contribution in [0.15, 0.2) is 42.5 Å². The van der Waals surface area contributed by atoms with E-state index in [9.17, 15) is 30.8 Å². The number of rotatable bonds is 6. The summed E-state index contributed by atoms with van der Waals surface area (Å²) in [5, 5.41) is 2.16. The van der Waals surface area contributed by atoms with Gasteiger partial charge < -0.3 is 5.32 Å². The van der Waals surface area contributed by atoms with Crippen LogP contribution < -0.4 is 9.62 Å². The highest BCUT2D eigenvalue weighted by Gasteiger charge is 2.33. The van der Waals surface area contributed by atoms with Crippen molar-refractivity contribution in [1.82, 2.24) is 5.32 Å². The molecule has 0 aliphatic rings. The smallest absolute Gasteiger partial charge is 0.350 e. The molecule has 1 N–H and O–H groups in total. The highest BCUT2D eigenvalue weighted by atomic mass is 35.5. The summed E-state index contributed by atoms with van der Waals surface area (Å²) >= 11 is 5.88. The van der Waals surface area contributed by atoms with Crippen molar-refractivity contribution in [3.8, 4) is 0 Å². The highest BCUT2D eigenvalue weighted by Crippen LogP contribution is 2.36. The minimum atomic E-state index is -4.71. The molecule has 0 atom stereocenters. The molecule has 1 amide bonds. The molecule has 0 saturated heterocycles. The minimum Gasteiger partial charge on any atom is -0.350 e. The Morgan fingerprint density at radius 3 is 2.29 bits per heavy atom. The minimum absolute atomic E-state index is 0.0208. The van der Waals surface area contributed by atoms with Crippen LogP contribution in [0.5, 0.6) is 0 Å². The van der Waals surface area contributed by atoms with Crippen molar-refractivity contribution in [3.05, 3.63) is 64.4 Å². The third-order valence-electron chi connectivity index (χ3n) is 3.63. The lowest BCUT2D eigenvalue weighted by Crippen LogP contribution is -2.40. The predicted molar refractivity (Wildman–Crippen MR) is 96.9 cm³/mol. The molecule has 0 bridgehead atoms. The van der Waals surface area contributed by atoms with Crippen LogP contribution in [0.2, 0.25) is 5.02 Å². The van der Waals surface area contributed by atoms with Gasteiger partial charge in [0.25, 0.3) is 0 Å². The molecule has 2 rings (SSSR count). The molecule has 28 heavy (non-hydrogen) atoms. The number of anilines is 1. The molecule has 2 aromatic rings. The van der Waals surface area contributed by atoms with Gasteiger partial charge in [-0.1, -0.05) is 23.7 Å². The molecule has 0 aliphatic carbocycles. The Balaban J connectivity index is 2.23. The van der Waals surface area contributed by atoms with Crippen LogP contribution in [0.25, 0.3) is 0 Å². The number of carbonyl (C=O) groups is 1. The van der Waals surface area contributed by atoms with Crippen LogP contribution in [-0.4, -0.2) is 27.1 Å². The topological polar surface area (TPSA) is 66.5 Å². The maximum atomic E-state index is 12.9. The molecule has 0 unspecified atom stereocenters. The van der Waals surface area contributed by atoms with E-state index in [-0.39, 0.29) is 11.6 Å². The molecule has 0 saturated carbocycles. The molecule has 5 nitrogen and oxygen atoms in total. The molecular weight excluding hydrogens is 424 g/mol. The van der Waals surface area contributed by atoms with E-state index < -0.39 is 45.7 Å². The quantitative estimate of drug-likeness (QED) is 0.701. The number of carbonyl (C=O) groups excluding carboxylic acids is 1. The fraction of sp³-hybridized carbons (Fsp3) is 0.235. The number of amides is 1. The lowest BCUT2D eigenvalue weighted by molar-refractivity contribution is -0.137. The molecule has 2 aromatic carbocycles. The van der Waals surface area contributed by atoms with Gasteiger partial charge in [0.2, 0.25) is 15.9 Å². The van der Waals surface area contributed by atoms with Gasteiger partial charge in [0, 0.05) is 6.54 Å². The van der Waals surface area contributed by atoms with Crippen molar-refractivity contribution in [1.29, 1.82) is 0 Å². The number of hydrogen-bond acceptors (Lipinski definition) is 3. The second-order valence-electron chi connectivity index (χ2n) is 5.84. The summed E-state index contributed by atoms with van der Waals surface area (Å²) in [6.45, 7) is -0.798. The van der Waals surface area contributed by atoms with Gasteiger partial charge in [-0.05, 0) is 35.9 Å². The average Bonchev–Trinajstić information content (AvgIpc) is 2.58. The van der Waals surface area contributed by atoms with E-state index in [1.54, 1.807) is 0 Å². The van der Waals surface area contributed by atoms with Crippen LogP contribution in [0, 0.1) is 5.82 Å². The largest absolute Gasteiger partial charge is 0.416 e. The Morgan fingerprint density at radius 2 is 1.75 bits per heavy atom. The Kier molecular flexibility index (Phi) is 6.56. The first-order valence-corrected chi connectivity index (χ1v) is 9.96. The zero-order valence-corrected chi connectivity index (χ0v) is 16.0. The molecule has 0 aliphatic heterocycles. The summed E-state index contributed by atoms with van der Waals surface area (Å²) in [6.07, 6.45) is -3.97. The van der Waals surface area contributed by atoms with Crippen molar-refractivity contribution >= 4 is 33.2 Å². The summed E-state index contributed by atoms with van der Waals surface area (Å²) < 4.78 is 76.3. The third-order valence-corrected chi connectivity index (χ3v) is 5.08. The SMILES string of the molecule is CS(=O)(=O)N(CC(=O)NCc1ccc(F)cc1)c1cc(C(F)(F)F)ccc1Cl. The number of nitrogens with zero attached hydrogens (tertiary/aromatic N) is 1. The van der Waals surface area contributed by atoms with Crippen LogP contribution in [0.4, 0.5) is 23.2 Å². The normalized spacial score (nSPS) is 11.9. The number of alkyl halides is 3. The van der Waals surface area contributed by atoms with Gasteiger partial charge in [0.15, 0.2) is 0 Å². The molecule has 0 fully saturated rings. The van der Waals surface area contributed by atoms with Gasteiger partial charge in [0.1, 0.15) is 12.4 Å². The molecule has 0 radical (unpaired) electrons. The Labute approximate surface area is 164 Å². The molecular formula is C17H15ClF4N2O3S. The molecule has 0 spiro atoms. The zero-order chi connectivity index (χ0) is 21.1. The molecule has 11 heteroatoms. The number of halogens is 5. The Morgan fingerprint density at radius 1 is 1.14 bits per heavy atom. The summed E-state index contributed by atoms with van der Waals surface area (Å²) in [7, 11) is -4.12. The fourth-order valence-corrected chi connectivity index (χ4v) is 3.38. The average molecular weight is 439 g/mol. The first-order valence-electron chi connectivity index (χ1n) is 7.73. The second kappa shape index (κ2) is 8.36. The predicted octanol–water partition coefficient (Wildman–Crippen LogP) is 3.58. The van der Waals surface area contributed by atoms with E-state index in [0.29, 0.717) is 22.0 Å². The number of sulfonamides is 1. The van der Waals surface area contributed by atoms with E-state index in [2.05, 4.69) is 5.32 Å². The highest BCUT2D eigenvalue weighted by molar-refractivity contribution is 7.92. The monoisotopic (exact) mass is 438 g/mol. The maximum Gasteiger partial charge on any atom is 0.416 e. The summed E-state index contributed by atoms with van der Waals surface area (Å²) in [4.78, 5) is 12.2. The lowest BCUT2D eigenvalue weighted by Gasteiger charge is -2.24. The van der Waals surface area contributed by atoms with Crippen molar-refractivity contribution in [2.75, 3.05) is 17.1 Å². The third kappa shape index (κ3) is 5.83. The van der Waals surface area contributed by atoms with Gasteiger partial charge in [0.05, 0.1) is 22.5 Å². The van der Waals surface area contributed by atoms with E-state index in [1.165, 1.54) is 24.3 Å². The second-order valence-corrected chi connectivity index (χ2v) is 8.15. The van der Waals surface area contributed by atoms with Crippen molar-refractivity contribution in [2.45, 2.75) is 12.7 Å². The van der Waals surface area contributed by atoms with Crippen LogP contribution in [-0.2, 0) is 27.5 Å². The van der Waals surface area contributed by atoms with Crippen molar-refractivity contribution in [2.24, 2.45) is 0 Å². The maximum absolute atomic E-state index is 12.9. The lowest BCUT2D eigenvalue weighted by atomic mass is 10.2. The van der Waals surface area contributed by atoms with Gasteiger partial charge in [-0.25, -0.2) is 12.8 Å². The fourth-order valence-electron chi connectivity index (χ4n) is 2.25. The Bertz CT molecular complexity index is 963. The van der Waals surface area contributed by atoms with Crippen molar-refractivity contribution < 1.29 is 30.8 Å². The summed E-state index contributed by atoms with van der Waals surface area (Å²) in [5.74, 6) is -1.24. The van der Waals surface area contributed by atoms with Gasteiger partial charge in [-0.2, -0.15) is 13.2 Å². The van der Waals surface area contributed by atoms with Crippen LogP contribution >= 0.6 is 11.6 Å². The van der Waals surface area contributed by atoms with Gasteiger partial charge in [-0.15, -0.1) is 0 Å².